The van der Waals surface area contributed by atoms with E-state index < -0.39 is 0 Å². The van der Waals surface area contributed by atoms with Crippen molar-refractivity contribution in [1.82, 2.24) is 9.55 Å². The Morgan fingerprint density at radius 1 is 1.53 bits per heavy atom. The van der Waals surface area contributed by atoms with Gasteiger partial charge in [-0.1, -0.05) is 6.58 Å². The molecule has 3 nitrogen and oxygen atoms in total. The Morgan fingerprint density at radius 3 is 2.53 bits per heavy atom. The fourth-order valence-corrected chi connectivity index (χ4v) is 1.38. The quantitative estimate of drug-likeness (QED) is 0.681. The molecule has 0 saturated heterocycles. The van der Waals surface area contributed by atoms with Gasteiger partial charge in [-0.15, -0.1) is 0 Å². The lowest BCUT2D eigenvalue weighted by Crippen LogP contribution is -2.20. The first-order valence-electron chi connectivity index (χ1n) is 5.10. The third-order valence-corrected chi connectivity index (χ3v) is 2.12. The smallest absolute Gasteiger partial charge is 0.160 e. The first-order chi connectivity index (χ1) is 6.88. The van der Waals surface area contributed by atoms with Crippen LogP contribution in [0.5, 0.6) is 0 Å². The van der Waals surface area contributed by atoms with Gasteiger partial charge in [-0.2, -0.15) is 0 Å². The van der Waals surface area contributed by atoms with Crippen LogP contribution in [0.25, 0.3) is 5.57 Å². The molecule has 0 bridgehead atoms. The van der Waals surface area contributed by atoms with Gasteiger partial charge in [0.2, 0.25) is 0 Å². The maximum Gasteiger partial charge on any atom is 0.160 e. The third-order valence-electron chi connectivity index (χ3n) is 2.12. The minimum absolute atomic E-state index is 0.0114. The van der Waals surface area contributed by atoms with Crippen molar-refractivity contribution in [2.45, 2.75) is 40.2 Å². The number of aliphatic imine (C=N–C) groups is 1. The Labute approximate surface area is 91.6 Å². The Balaban J connectivity index is 3.37. The van der Waals surface area contributed by atoms with Crippen LogP contribution in [0.3, 0.4) is 0 Å². The SMILES string of the molecule is C=C(C)c1ncn(C(C)(C)C)c1/N=C\C. The van der Waals surface area contributed by atoms with E-state index in [0.717, 1.165) is 17.1 Å². The van der Waals surface area contributed by atoms with Crippen molar-refractivity contribution in [1.29, 1.82) is 0 Å². The number of rotatable bonds is 2. The first kappa shape index (κ1) is 11.7. The van der Waals surface area contributed by atoms with Crippen LogP contribution in [0.4, 0.5) is 5.82 Å². The number of aromatic nitrogens is 2. The molecule has 0 radical (unpaired) electrons. The highest BCUT2D eigenvalue weighted by Crippen LogP contribution is 2.29. The number of nitrogens with zero attached hydrogens (tertiary/aromatic N) is 3. The van der Waals surface area contributed by atoms with Gasteiger partial charge in [0.25, 0.3) is 0 Å². The molecule has 0 spiro atoms. The second kappa shape index (κ2) is 4.01. The Hall–Kier alpha value is -1.38. The molecule has 82 valence electrons. The first-order valence-corrected chi connectivity index (χ1v) is 5.10. The van der Waals surface area contributed by atoms with Crippen LogP contribution in [0.2, 0.25) is 0 Å². The van der Waals surface area contributed by atoms with Gasteiger partial charge in [-0.05, 0) is 40.2 Å². The maximum absolute atomic E-state index is 4.37. The van der Waals surface area contributed by atoms with Gasteiger partial charge >= 0.3 is 0 Å². The van der Waals surface area contributed by atoms with Crippen molar-refractivity contribution in [3.05, 3.63) is 18.6 Å². The van der Waals surface area contributed by atoms with E-state index in [1.54, 1.807) is 6.21 Å². The van der Waals surface area contributed by atoms with Gasteiger partial charge in [-0.3, -0.25) is 0 Å². The van der Waals surface area contributed by atoms with E-state index >= 15 is 0 Å². The second-order valence-corrected chi connectivity index (χ2v) is 4.63. The Morgan fingerprint density at radius 2 is 2.13 bits per heavy atom. The number of hydrogen-bond acceptors (Lipinski definition) is 2. The normalized spacial score (nSPS) is 12.3. The van der Waals surface area contributed by atoms with Crippen molar-refractivity contribution >= 4 is 17.6 Å². The zero-order valence-corrected chi connectivity index (χ0v) is 10.2. The Bertz CT molecular complexity index is 391. The molecule has 0 saturated carbocycles. The third kappa shape index (κ3) is 2.35. The molecule has 1 aromatic heterocycles. The molecule has 1 aromatic rings. The van der Waals surface area contributed by atoms with Gasteiger partial charge in [0.1, 0.15) is 5.69 Å². The zero-order chi connectivity index (χ0) is 11.6. The second-order valence-electron chi connectivity index (χ2n) is 4.63. The molecule has 15 heavy (non-hydrogen) atoms. The van der Waals surface area contributed by atoms with Gasteiger partial charge < -0.3 is 4.57 Å². The summed E-state index contributed by atoms with van der Waals surface area (Å²) in [5, 5.41) is 0. The summed E-state index contributed by atoms with van der Waals surface area (Å²) < 4.78 is 2.07. The van der Waals surface area contributed by atoms with Crippen LogP contribution in [-0.2, 0) is 5.54 Å². The van der Waals surface area contributed by atoms with Gasteiger partial charge in [0.05, 0.1) is 6.33 Å². The lowest BCUT2D eigenvalue weighted by atomic mass is 10.1. The molecule has 1 rings (SSSR count). The fourth-order valence-electron chi connectivity index (χ4n) is 1.38. The maximum atomic E-state index is 4.37. The summed E-state index contributed by atoms with van der Waals surface area (Å²) in [4.78, 5) is 8.72. The summed E-state index contributed by atoms with van der Waals surface area (Å²) in [6, 6.07) is 0. The van der Waals surface area contributed by atoms with Crippen LogP contribution >= 0.6 is 0 Å². The molecule has 0 atom stereocenters. The van der Waals surface area contributed by atoms with Gasteiger partial charge in [-0.25, -0.2) is 9.98 Å². The summed E-state index contributed by atoms with van der Waals surface area (Å²) in [5.74, 6) is 0.887. The molecule has 0 aromatic carbocycles. The monoisotopic (exact) mass is 205 g/mol. The van der Waals surface area contributed by atoms with E-state index in [2.05, 4.69) is 41.9 Å². The lowest BCUT2D eigenvalue weighted by molar-refractivity contribution is 0.400. The zero-order valence-electron chi connectivity index (χ0n) is 10.2. The molecule has 0 fully saturated rings. The topological polar surface area (TPSA) is 30.2 Å². The number of imidazole rings is 1. The van der Waals surface area contributed by atoms with Crippen molar-refractivity contribution < 1.29 is 0 Å². The van der Waals surface area contributed by atoms with E-state index in [1.807, 2.05) is 20.2 Å². The Kier molecular flexibility index (Phi) is 3.12. The van der Waals surface area contributed by atoms with Crippen molar-refractivity contribution in [2.24, 2.45) is 4.99 Å². The van der Waals surface area contributed by atoms with Crippen LogP contribution in [0.1, 0.15) is 40.3 Å². The summed E-state index contributed by atoms with van der Waals surface area (Å²) in [5.41, 5.74) is 1.81. The van der Waals surface area contributed by atoms with E-state index in [1.165, 1.54) is 0 Å². The van der Waals surface area contributed by atoms with Crippen LogP contribution < -0.4 is 0 Å². The molecule has 0 aliphatic rings. The van der Waals surface area contributed by atoms with E-state index in [9.17, 15) is 0 Å². The van der Waals surface area contributed by atoms with Crippen molar-refractivity contribution in [2.75, 3.05) is 0 Å². The average Bonchev–Trinajstić information content (AvgIpc) is 2.47. The van der Waals surface area contributed by atoms with Crippen LogP contribution in [0.15, 0.2) is 17.9 Å². The standard InChI is InChI=1S/C12H19N3/c1-7-13-11-10(9(2)3)14-8-15(11)12(4,5)6/h7-8H,2H2,1,3-6H3/b13-7-. The molecule has 0 amide bonds. The van der Waals surface area contributed by atoms with Crippen molar-refractivity contribution in [3.8, 4) is 0 Å². The van der Waals surface area contributed by atoms with Gasteiger partial charge in [0.15, 0.2) is 5.82 Å². The minimum atomic E-state index is -0.0114. The van der Waals surface area contributed by atoms with Crippen LogP contribution in [0, 0.1) is 0 Å². The number of hydrogen-bond donors (Lipinski definition) is 0. The summed E-state index contributed by atoms with van der Waals surface area (Å²) in [6.07, 6.45) is 3.61. The van der Waals surface area contributed by atoms with Crippen molar-refractivity contribution in [3.63, 3.8) is 0 Å². The van der Waals surface area contributed by atoms with Gasteiger partial charge in [0, 0.05) is 11.8 Å². The van der Waals surface area contributed by atoms with Crippen LogP contribution in [-0.4, -0.2) is 15.8 Å². The van der Waals surface area contributed by atoms with E-state index in [-0.39, 0.29) is 5.54 Å². The molecule has 0 aliphatic heterocycles. The predicted molar refractivity (Wildman–Crippen MR) is 65.8 cm³/mol. The fraction of sp³-hybridized carbons (Fsp3) is 0.500. The van der Waals surface area contributed by atoms with E-state index in [4.69, 9.17) is 0 Å². The highest BCUT2D eigenvalue weighted by Gasteiger charge is 2.19. The summed E-state index contributed by atoms with van der Waals surface area (Å²) >= 11 is 0. The largest absolute Gasteiger partial charge is 0.310 e. The molecule has 3 heteroatoms. The number of allylic oxidation sites excluding steroid dienone is 1. The summed E-state index contributed by atoms with van der Waals surface area (Å²) in [6.45, 7) is 14.2. The molecule has 0 aliphatic carbocycles. The lowest BCUT2D eigenvalue weighted by Gasteiger charge is -2.22. The molecule has 0 N–H and O–H groups in total. The van der Waals surface area contributed by atoms with E-state index in [0.29, 0.717) is 0 Å². The minimum Gasteiger partial charge on any atom is -0.310 e. The average molecular weight is 205 g/mol. The molecular weight excluding hydrogens is 186 g/mol. The predicted octanol–water partition coefficient (Wildman–Crippen LogP) is 3.39. The highest BCUT2D eigenvalue weighted by molar-refractivity contribution is 5.70. The molecular formula is C12H19N3. The molecule has 0 unspecified atom stereocenters. The molecule has 1 heterocycles. The highest BCUT2D eigenvalue weighted by atomic mass is 15.2. The summed E-state index contributed by atoms with van der Waals surface area (Å²) in [7, 11) is 0.